The topological polar surface area (TPSA) is 114 Å². The van der Waals surface area contributed by atoms with E-state index in [9.17, 15) is 0 Å². The van der Waals surface area contributed by atoms with Gasteiger partial charge in [0.2, 0.25) is 0 Å². The molecule has 1 aromatic carbocycles. The number of alkyl halides is 2. The molecule has 180 valence electrons. The monoisotopic (exact) mass is 469 g/mol. The van der Waals surface area contributed by atoms with Crippen LogP contribution in [0.4, 0.5) is 8.78 Å². The van der Waals surface area contributed by atoms with Gasteiger partial charge in [-0.25, -0.2) is 4.99 Å². The van der Waals surface area contributed by atoms with Crippen LogP contribution < -0.4 is 5.49 Å². The second-order valence-electron chi connectivity index (χ2n) is 8.41. The Kier molecular flexibility index (Phi) is 7.83. The third-order valence-electron chi connectivity index (χ3n) is 5.66. The van der Waals surface area contributed by atoms with E-state index in [2.05, 4.69) is 28.6 Å². The Balaban J connectivity index is 1.67. The molecule has 8 nitrogen and oxygen atoms in total. The van der Waals surface area contributed by atoms with Crippen molar-refractivity contribution in [3.8, 4) is 0 Å². The van der Waals surface area contributed by atoms with Crippen LogP contribution in [-0.2, 0) is 10.7 Å². The predicted octanol–water partition coefficient (Wildman–Crippen LogP) is 3.56. The van der Waals surface area contributed by atoms with Crippen molar-refractivity contribution in [2.24, 2.45) is 10.9 Å². The minimum absolute atomic E-state index is 0.151. The van der Waals surface area contributed by atoms with E-state index >= 15 is 8.78 Å². The first kappa shape index (κ1) is 25.1. The number of aliphatic imine (C=N–C) groups is 1. The molecule has 1 aliphatic heterocycles. The molecule has 0 unspecified atom stereocenters. The first-order valence-electron chi connectivity index (χ1n) is 10.9. The second-order valence-corrected chi connectivity index (χ2v) is 8.41. The summed E-state index contributed by atoms with van der Waals surface area (Å²) in [6, 6.07) is 7.94. The van der Waals surface area contributed by atoms with E-state index < -0.39 is 17.3 Å². The number of ether oxygens (including phenoxy) is 1. The van der Waals surface area contributed by atoms with Gasteiger partial charge in [0.05, 0.1) is 18.5 Å². The van der Waals surface area contributed by atoms with Gasteiger partial charge in [-0.1, -0.05) is 24.8 Å². The lowest BCUT2D eigenvalue weighted by atomic mass is 9.98. The van der Waals surface area contributed by atoms with E-state index in [-0.39, 0.29) is 16.9 Å². The number of rotatable bonds is 7. The van der Waals surface area contributed by atoms with Gasteiger partial charge >= 0.3 is 5.92 Å². The highest BCUT2D eigenvalue weighted by Crippen LogP contribution is 2.30. The highest BCUT2D eigenvalue weighted by Gasteiger charge is 2.39. The number of nitrogens with one attached hydrogen (secondary N) is 3. The Labute approximate surface area is 197 Å². The molecule has 3 N–H and O–H groups in total. The molecule has 3 rings (SSSR count). The third kappa shape index (κ3) is 6.07. The van der Waals surface area contributed by atoms with Gasteiger partial charge in [0.15, 0.2) is 11.7 Å². The minimum Gasteiger partial charge on any atom is -0.492 e. The molecule has 0 atom stereocenters. The normalized spacial score (nSPS) is 15.4. The number of hydrogen-bond acceptors (Lipinski definition) is 6. The highest BCUT2D eigenvalue weighted by atomic mass is 19.3. The summed E-state index contributed by atoms with van der Waals surface area (Å²) in [5.74, 6) is -4.38. The first-order chi connectivity index (χ1) is 16.1. The Hall–Kier alpha value is -3.53. The van der Waals surface area contributed by atoms with Gasteiger partial charge in [0, 0.05) is 11.1 Å². The van der Waals surface area contributed by atoms with E-state index in [0.29, 0.717) is 28.7 Å². The molecule has 1 aliphatic rings. The van der Waals surface area contributed by atoms with Crippen molar-refractivity contribution < 1.29 is 13.5 Å². The van der Waals surface area contributed by atoms with Gasteiger partial charge in [-0.15, -0.1) is 0 Å². The maximum atomic E-state index is 15.1. The third-order valence-corrected chi connectivity index (χ3v) is 5.66. The van der Waals surface area contributed by atoms with Gasteiger partial charge in [-0.3, -0.25) is 16.2 Å². The number of aryl methyl sites for hydroxylation is 1. The van der Waals surface area contributed by atoms with Crippen LogP contribution in [0.2, 0.25) is 0 Å². The van der Waals surface area contributed by atoms with Gasteiger partial charge in [-0.2, -0.15) is 18.6 Å². The maximum Gasteiger partial charge on any atom is 0.331 e. The number of piperidine rings is 1. The fraction of sp³-hybridized carbons (Fsp3) is 0.375. The van der Waals surface area contributed by atoms with Crippen molar-refractivity contribution in [1.29, 1.82) is 16.2 Å². The van der Waals surface area contributed by atoms with Gasteiger partial charge < -0.3 is 9.64 Å². The zero-order chi connectivity index (χ0) is 24.9. The smallest absolute Gasteiger partial charge is 0.331 e. The van der Waals surface area contributed by atoms with Crippen molar-refractivity contribution in [3.63, 3.8) is 0 Å². The fourth-order valence-corrected chi connectivity index (χ4v) is 3.52. The van der Waals surface area contributed by atoms with Crippen molar-refractivity contribution in [2.75, 3.05) is 26.7 Å². The Bertz CT molecular complexity index is 1160. The summed E-state index contributed by atoms with van der Waals surface area (Å²) in [5, 5.41) is 27.8. The number of aromatic nitrogens is 2. The molecule has 2 aromatic rings. The molecule has 10 heteroatoms. The molecule has 0 spiro atoms. The molecule has 0 aliphatic carbocycles. The van der Waals surface area contributed by atoms with Gasteiger partial charge in [0.25, 0.3) is 0 Å². The summed E-state index contributed by atoms with van der Waals surface area (Å²) in [6.07, 6.45) is 3.40. The maximum absolute atomic E-state index is 15.1. The van der Waals surface area contributed by atoms with Crippen LogP contribution in [-0.4, -0.2) is 59.3 Å². The average Bonchev–Trinajstić information content (AvgIpc) is 2.83. The quantitative estimate of drug-likeness (QED) is 0.327. The van der Waals surface area contributed by atoms with Crippen LogP contribution >= 0.6 is 0 Å². The SMILES string of the molecule is C=C(C=NC(=N)c1cccc(C(F)(F)C(=N)n2nc(C)ccc2=N)c1)OCC1CCN(C)CC1. The number of amidine groups is 1. The molecular weight excluding hydrogens is 440 g/mol. The molecule has 0 bridgehead atoms. The van der Waals surface area contributed by atoms with Crippen LogP contribution in [0, 0.1) is 29.1 Å². The molecule has 1 fully saturated rings. The molecule has 0 radical (unpaired) electrons. The standard InChI is InChI=1S/C24H29F2N7O/c1-16-7-8-21(27)33(31-16)23(29)24(25,26)20-6-4-5-19(13-20)22(28)30-14-17(2)34-15-18-9-11-32(3)12-10-18/h4-8,13-14,18,27-29H,2,9-12,15H2,1,3H3. The molecule has 2 heterocycles. The van der Waals surface area contributed by atoms with Gasteiger partial charge in [0.1, 0.15) is 11.2 Å². The minimum atomic E-state index is -3.73. The van der Waals surface area contributed by atoms with Crippen LogP contribution in [0.1, 0.15) is 29.7 Å². The predicted molar refractivity (Wildman–Crippen MR) is 127 cm³/mol. The number of halogens is 2. The van der Waals surface area contributed by atoms with Crippen LogP contribution in [0.15, 0.2) is 53.7 Å². The molecule has 1 saturated heterocycles. The number of benzene rings is 1. The zero-order valence-electron chi connectivity index (χ0n) is 19.3. The summed E-state index contributed by atoms with van der Waals surface area (Å²) >= 11 is 0. The van der Waals surface area contributed by atoms with Crippen LogP contribution in [0.3, 0.4) is 0 Å². The van der Waals surface area contributed by atoms with Crippen molar-refractivity contribution in [1.82, 2.24) is 14.7 Å². The van der Waals surface area contributed by atoms with Crippen molar-refractivity contribution in [3.05, 3.63) is 71.0 Å². The number of hydrogen-bond donors (Lipinski definition) is 3. The number of allylic oxidation sites excluding steroid dienone is 1. The van der Waals surface area contributed by atoms with Crippen molar-refractivity contribution >= 4 is 17.9 Å². The van der Waals surface area contributed by atoms with E-state index in [0.717, 1.165) is 32.0 Å². The first-order valence-corrected chi connectivity index (χ1v) is 10.9. The number of likely N-dealkylation sites (tertiary alicyclic amines) is 1. The zero-order valence-corrected chi connectivity index (χ0v) is 19.3. The Morgan fingerprint density at radius 2 is 1.97 bits per heavy atom. The lowest BCUT2D eigenvalue weighted by molar-refractivity contribution is 0.0695. The average molecular weight is 470 g/mol. The second kappa shape index (κ2) is 10.6. The summed E-state index contributed by atoms with van der Waals surface area (Å²) in [6.45, 7) is 7.96. The molecule has 0 saturated carbocycles. The summed E-state index contributed by atoms with van der Waals surface area (Å²) in [5.41, 5.74) is -0.276. The Morgan fingerprint density at radius 1 is 1.26 bits per heavy atom. The van der Waals surface area contributed by atoms with Gasteiger partial charge in [-0.05, 0) is 64.0 Å². The molecule has 1 aromatic heterocycles. The summed E-state index contributed by atoms with van der Waals surface area (Å²) in [7, 11) is 2.09. The van der Waals surface area contributed by atoms with E-state index in [1.807, 2.05) is 0 Å². The summed E-state index contributed by atoms with van der Waals surface area (Å²) in [4.78, 5) is 6.27. The Morgan fingerprint density at radius 3 is 2.68 bits per heavy atom. The summed E-state index contributed by atoms with van der Waals surface area (Å²) < 4.78 is 36.4. The lowest BCUT2D eigenvalue weighted by Crippen LogP contribution is -2.39. The number of nitrogens with zero attached hydrogens (tertiary/aromatic N) is 4. The van der Waals surface area contributed by atoms with E-state index in [1.165, 1.54) is 36.5 Å². The van der Waals surface area contributed by atoms with Crippen LogP contribution in [0.5, 0.6) is 0 Å². The highest BCUT2D eigenvalue weighted by molar-refractivity contribution is 6.03. The van der Waals surface area contributed by atoms with Crippen LogP contribution in [0.25, 0.3) is 0 Å². The lowest BCUT2D eigenvalue weighted by Gasteiger charge is -2.28. The molecular formula is C24H29F2N7O. The molecule has 0 amide bonds. The van der Waals surface area contributed by atoms with E-state index in [1.54, 1.807) is 6.92 Å². The van der Waals surface area contributed by atoms with Crippen molar-refractivity contribution in [2.45, 2.75) is 25.7 Å². The van der Waals surface area contributed by atoms with E-state index in [4.69, 9.17) is 21.0 Å². The largest absolute Gasteiger partial charge is 0.492 e. The fourth-order valence-electron chi connectivity index (χ4n) is 3.52. The molecule has 34 heavy (non-hydrogen) atoms.